The Morgan fingerprint density at radius 1 is 1.00 bits per heavy atom. The number of nitro benzene ring substituents is 1. The van der Waals surface area contributed by atoms with Crippen molar-refractivity contribution in [3.8, 4) is 11.8 Å². The molecule has 2 aromatic carbocycles. The van der Waals surface area contributed by atoms with E-state index in [9.17, 15) is 25.3 Å². The highest BCUT2D eigenvalue weighted by molar-refractivity contribution is 6.07. The Morgan fingerprint density at radius 3 is 2.38 bits per heavy atom. The monoisotopic (exact) mass is 453 g/mol. The van der Waals surface area contributed by atoms with Gasteiger partial charge in [0.05, 0.1) is 34.1 Å². The van der Waals surface area contributed by atoms with Crippen molar-refractivity contribution in [1.29, 1.82) is 5.26 Å². The first-order valence-corrected chi connectivity index (χ1v) is 10.6. The predicted octanol–water partition coefficient (Wildman–Crippen LogP) is 3.59. The molecular weight excluding hydrogens is 434 g/mol. The number of hydrogen-bond acceptors (Lipinski definition) is 5. The Balaban J connectivity index is 1.76. The second-order valence-corrected chi connectivity index (χ2v) is 7.98. The molecule has 9 heteroatoms. The van der Waals surface area contributed by atoms with Crippen LogP contribution in [0.25, 0.3) is 27.6 Å². The van der Waals surface area contributed by atoms with E-state index in [1.165, 1.54) is 28.8 Å². The quantitative estimate of drug-likeness (QED) is 0.311. The lowest BCUT2D eigenvalue weighted by Gasteiger charge is -2.15. The van der Waals surface area contributed by atoms with Crippen LogP contribution < -0.4 is 5.56 Å². The lowest BCUT2D eigenvalue weighted by molar-refractivity contribution is -0.384. The first-order chi connectivity index (χ1) is 16.5. The molecular formula is C25H19N5O4. The third-order valence-corrected chi connectivity index (χ3v) is 5.84. The van der Waals surface area contributed by atoms with Crippen LogP contribution in [0.15, 0.2) is 83.9 Å². The number of non-ortho nitro benzene ring substituents is 1. The topological polar surface area (TPSA) is 119 Å². The fourth-order valence-corrected chi connectivity index (χ4v) is 4.36. The van der Waals surface area contributed by atoms with E-state index in [0.29, 0.717) is 23.3 Å². The third-order valence-electron chi connectivity index (χ3n) is 5.84. The number of nitro groups is 1. The van der Waals surface area contributed by atoms with Crippen LogP contribution in [-0.4, -0.2) is 29.8 Å². The van der Waals surface area contributed by atoms with Crippen molar-refractivity contribution in [3.63, 3.8) is 0 Å². The van der Waals surface area contributed by atoms with Gasteiger partial charge in [-0.3, -0.25) is 19.5 Å². The molecule has 3 aromatic heterocycles. The minimum atomic E-state index is -0.725. The number of fused-ring (bicyclic) bond motifs is 3. The number of aromatic nitrogens is 3. The van der Waals surface area contributed by atoms with Crippen LogP contribution in [0.5, 0.6) is 0 Å². The molecule has 0 fully saturated rings. The van der Waals surface area contributed by atoms with E-state index < -0.39 is 16.6 Å². The van der Waals surface area contributed by atoms with Crippen LogP contribution in [0.3, 0.4) is 0 Å². The molecule has 168 valence electrons. The van der Waals surface area contributed by atoms with Gasteiger partial charge in [0.15, 0.2) is 0 Å². The second kappa shape index (κ2) is 8.35. The first-order valence-electron chi connectivity index (χ1n) is 10.6. The molecule has 0 radical (unpaired) electrons. The predicted molar refractivity (Wildman–Crippen MR) is 127 cm³/mol. The van der Waals surface area contributed by atoms with Gasteiger partial charge in [0, 0.05) is 42.1 Å². The van der Waals surface area contributed by atoms with Crippen molar-refractivity contribution in [1.82, 2.24) is 13.7 Å². The summed E-state index contributed by atoms with van der Waals surface area (Å²) in [6, 6.07) is 20.4. The van der Waals surface area contributed by atoms with E-state index in [1.807, 2.05) is 64.0 Å². The molecule has 0 spiro atoms. The highest BCUT2D eigenvalue weighted by atomic mass is 16.6. The Morgan fingerprint density at radius 2 is 1.71 bits per heavy atom. The number of aliphatic hydroxyl groups is 1. The largest absolute Gasteiger partial charge is 0.389 e. The SMILES string of the molecule is N#Cc1cc2c(c3ccccc3n2CC(O)Cn2cccc2)n(-c2ccc([N+](=O)[O-])cc2)c1=O. The zero-order valence-corrected chi connectivity index (χ0v) is 17.9. The molecule has 1 unspecified atom stereocenters. The van der Waals surface area contributed by atoms with Gasteiger partial charge >= 0.3 is 0 Å². The molecule has 1 atom stereocenters. The van der Waals surface area contributed by atoms with Crippen LogP contribution in [-0.2, 0) is 13.1 Å². The Hall–Kier alpha value is -4.68. The summed E-state index contributed by atoms with van der Waals surface area (Å²) in [4.78, 5) is 23.8. The summed E-state index contributed by atoms with van der Waals surface area (Å²) >= 11 is 0. The number of hydrogen-bond donors (Lipinski definition) is 1. The fourth-order valence-electron chi connectivity index (χ4n) is 4.36. The number of benzene rings is 2. The number of nitrogens with zero attached hydrogens (tertiary/aromatic N) is 5. The van der Waals surface area contributed by atoms with Crippen molar-refractivity contribution in [3.05, 3.63) is 105 Å². The first kappa shape index (κ1) is 21.2. The Kier molecular flexibility index (Phi) is 5.20. The summed E-state index contributed by atoms with van der Waals surface area (Å²) in [6.45, 7) is 0.625. The standard InChI is InChI=1S/C25H19N5O4/c26-14-17-13-23-24(29(25(17)32)18-7-9-19(10-8-18)30(33)34)21-5-1-2-6-22(21)28(23)16-20(31)15-27-11-3-4-12-27/h1-13,20,31H,15-16H2. The van der Waals surface area contributed by atoms with Crippen molar-refractivity contribution >= 4 is 27.6 Å². The molecule has 0 aliphatic carbocycles. The van der Waals surface area contributed by atoms with Gasteiger partial charge in [-0.25, -0.2) is 0 Å². The van der Waals surface area contributed by atoms with Gasteiger partial charge in [-0.1, -0.05) is 18.2 Å². The molecule has 34 heavy (non-hydrogen) atoms. The van der Waals surface area contributed by atoms with Crippen molar-refractivity contribution in [2.75, 3.05) is 0 Å². The van der Waals surface area contributed by atoms with E-state index in [1.54, 1.807) is 6.07 Å². The maximum absolute atomic E-state index is 13.3. The highest BCUT2D eigenvalue weighted by Crippen LogP contribution is 2.31. The van der Waals surface area contributed by atoms with E-state index in [0.717, 1.165) is 10.9 Å². The van der Waals surface area contributed by atoms with Crippen LogP contribution in [0.2, 0.25) is 0 Å². The number of aliphatic hydroxyl groups excluding tert-OH is 1. The number of pyridine rings is 1. The summed E-state index contributed by atoms with van der Waals surface area (Å²) in [7, 11) is 0. The van der Waals surface area contributed by atoms with Gasteiger partial charge in [-0.2, -0.15) is 5.26 Å². The molecule has 0 saturated heterocycles. The zero-order chi connectivity index (χ0) is 23.8. The van der Waals surface area contributed by atoms with Gasteiger partial charge in [0.2, 0.25) is 0 Å². The van der Waals surface area contributed by atoms with Crippen molar-refractivity contribution in [2.24, 2.45) is 0 Å². The van der Waals surface area contributed by atoms with E-state index in [2.05, 4.69) is 0 Å². The molecule has 5 aromatic rings. The van der Waals surface area contributed by atoms with E-state index in [4.69, 9.17) is 0 Å². The van der Waals surface area contributed by atoms with E-state index >= 15 is 0 Å². The minimum absolute atomic E-state index is 0.0604. The van der Waals surface area contributed by atoms with Gasteiger partial charge in [-0.15, -0.1) is 0 Å². The van der Waals surface area contributed by atoms with Gasteiger partial charge in [0.1, 0.15) is 11.6 Å². The molecule has 0 aliphatic rings. The average Bonchev–Trinajstić information content (AvgIpc) is 3.45. The lowest BCUT2D eigenvalue weighted by Crippen LogP contribution is -2.23. The smallest absolute Gasteiger partial charge is 0.273 e. The number of para-hydroxylation sites is 1. The minimum Gasteiger partial charge on any atom is -0.389 e. The molecule has 0 saturated carbocycles. The van der Waals surface area contributed by atoms with Gasteiger partial charge in [0.25, 0.3) is 11.2 Å². The molecule has 3 heterocycles. The Labute approximate surface area is 193 Å². The number of rotatable bonds is 6. The molecule has 1 N–H and O–H groups in total. The van der Waals surface area contributed by atoms with Gasteiger partial charge in [-0.05, 0) is 36.4 Å². The molecule has 0 amide bonds. The second-order valence-electron chi connectivity index (χ2n) is 7.98. The van der Waals surface area contributed by atoms with Crippen LogP contribution in [0, 0.1) is 21.4 Å². The van der Waals surface area contributed by atoms with Gasteiger partial charge < -0.3 is 14.2 Å². The summed E-state index contributed by atoms with van der Waals surface area (Å²) in [5.74, 6) is 0. The fraction of sp³-hybridized carbons (Fsp3) is 0.120. The summed E-state index contributed by atoms with van der Waals surface area (Å²) in [5.41, 5.74) is 1.72. The van der Waals surface area contributed by atoms with Crippen LogP contribution >= 0.6 is 0 Å². The normalized spacial score (nSPS) is 12.1. The molecule has 9 nitrogen and oxygen atoms in total. The highest BCUT2D eigenvalue weighted by Gasteiger charge is 2.21. The Bertz CT molecular complexity index is 1620. The lowest BCUT2D eigenvalue weighted by atomic mass is 10.2. The van der Waals surface area contributed by atoms with Crippen molar-refractivity contribution < 1.29 is 10.0 Å². The summed E-state index contributed by atoms with van der Waals surface area (Å²) < 4.78 is 5.20. The third kappa shape index (κ3) is 3.52. The van der Waals surface area contributed by atoms with Crippen molar-refractivity contribution in [2.45, 2.75) is 19.2 Å². The molecule has 0 aliphatic heterocycles. The maximum atomic E-state index is 13.3. The van der Waals surface area contributed by atoms with Crippen LogP contribution in [0.4, 0.5) is 5.69 Å². The van der Waals surface area contributed by atoms with E-state index in [-0.39, 0.29) is 17.8 Å². The zero-order valence-electron chi connectivity index (χ0n) is 17.9. The average molecular weight is 453 g/mol. The summed E-state index contributed by atoms with van der Waals surface area (Å²) in [6.07, 6.45) is 3.02. The molecule has 0 bridgehead atoms. The van der Waals surface area contributed by atoms with Crippen LogP contribution in [0.1, 0.15) is 5.56 Å². The maximum Gasteiger partial charge on any atom is 0.273 e. The summed E-state index contributed by atoms with van der Waals surface area (Å²) in [5, 5.41) is 32.4. The molecule has 5 rings (SSSR count). The number of nitriles is 1.